The molecule has 0 unspecified atom stereocenters. The summed E-state index contributed by atoms with van der Waals surface area (Å²) in [7, 11) is 0. The molecule has 2 aromatic carbocycles. The summed E-state index contributed by atoms with van der Waals surface area (Å²) in [6, 6.07) is 17.2. The van der Waals surface area contributed by atoms with Crippen molar-refractivity contribution in [2.45, 2.75) is 26.6 Å². The molecule has 3 aromatic rings. The number of hydrogen-bond donors (Lipinski definition) is 4. The van der Waals surface area contributed by atoms with Crippen LogP contribution in [0.1, 0.15) is 34.0 Å². The Balaban J connectivity index is 1.60. The first-order valence-electron chi connectivity index (χ1n) is 10.8. The Bertz CT molecular complexity index is 1080. The van der Waals surface area contributed by atoms with Gasteiger partial charge < -0.3 is 21.7 Å². The Labute approximate surface area is 193 Å². The number of aliphatic imine (C=N–C) groups is 1. The molecular formula is C24H29N7O2. The molecule has 172 valence electrons. The molecule has 3 rings (SSSR count). The SMILES string of the molecule is CCNC(=NCc1ccc(C(=O)NCC(N)=O)cc1)NCc1ccccc1Cn1cccn1. The lowest BCUT2D eigenvalue weighted by Gasteiger charge is -2.14. The number of carbonyl (C=O) groups is 2. The minimum absolute atomic E-state index is 0.187. The molecule has 9 heteroatoms. The Hall–Kier alpha value is -4.14. The molecule has 1 aromatic heterocycles. The molecule has 0 radical (unpaired) electrons. The van der Waals surface area contributed by atoms with Gasteiger partial charge in [-0.2, -0.15) is 5.10 Å². The molecule has 0 spiro atoms. The Kier molecular flexibility index (Phi) is 8.58. The largest absolute Gasteiger partial charge is 0.368 e. The Morgan fingerprint density at radius 3 is 2.42 bits per heavy atom. The monoisotopic (exact) mass is 447 g/mol. The van der Waals surface area contributed by atoms with Gasteiger partial charge in [0.1, 0.15) is 0 Å². The van der Waals surface area contributed by atoms with E-state index in [1.807, 2.05) is 48.1 Å². The van der Waals surface area contributed by atoms with E-state index in [-0.39, 0.29) is 12.5 Å². The number of hydrogen-bond acceptors (Lipinski definition) is 4. The average molecular weight is 448 g/mol. The van der Waals surface area contributed by atoms with Crippen LogP contribution in [-0.4, -0.2) is 40.6 Å². The van der Waals surface area contributed by atoms with Crippen molar-refractivity contribution in [1.29, 1.82) is 0 Å². The second-order valence-electron chi connectivity index (χ2n) is 7.37. The highest BCUT2D eigenvalue weighted by Crippen LogP contribution is 2.10. The smallest absolute Gasteiger partial charge is 0.251 e. The van der Waals surface area contributed by atoms with Crippen molar-refractivity contribution in [3.8, 4) is 0 Å². The first-order chi connectivity index (χ1) is 16.0. The van der Waals surface area contributed by atoms with E-state index >= 15 is 0 Å². The summed E-state index contributed by atoms with van der Waals surface area (Å²) < 4.78 is 1.90. The highest BCUT2D eigenvalue weighted by Gasteiger charge is 2.07. The predicted octanol–water partition coefficient (Wildman–Crippen LogP) is 1.40. The summed E-state index contributed by atoms with van der Waals surface area (Å²) in [6.07, 6.45) is 3.72. The number of rotatable bonds is 10. The normalized spacial score (nSPS) is 11.1. The molecule has 0 aliphatic heterocycles. The third-order valence-electron chi connectivity index (χ3n) is 4.86. The van der Waals surface area contributed by atoms with Crippen molar-refractivity contribution >= 4 is 17.8 Å². The zero-order chi connectivity index (χ0) is 23.5. The first-order valence-corrected chi connectivity index (χ1v) is 10.8. The number of nitrogens with one attached hydrogen (secondary N) is 3. The first kappa shape index (κ1) is 23.5. The lowest BCUT2D eigenvalue weighted by atomic mass is 10.1. The van der Waals surface area contributed by atoms with E-state index in [0.29, 0.717) is 31.2 Å². The van der Waals surface area contributed by atoms with Crippen molar-refractivity contribution in [3.63, 3.8) is 0 Å². The zero-order valence-electron chi connectivity index (χ0n) is 18.6. The van der Waals surface area contributed by atoms with E-state index in [9.17, 15) is 9.59 Å². The highest BCUT2D eigenvalue weighted by atomic mass is 16.2. The Morgan fingerprint density at radius 2 is 1.76 bits per heavy atom. The van der Waals surface area contributed by atoms with E-state index < -0.39 is 5.91 Å². The van der Waals surface area contributed by atoms with Gasteiger partial charge in [0, 0.05) is 31.0 Å². The maximum atomic E-state index is 12.0. The van der Waals surface area contributed by atoms with Gasteiger partial charge in [-0.3, -0.25) is 14.3 Å². The van der Waals surface area contributed by atoms with Crippen LogP contribution in [0.5, 0.6) is 0 Å². The van der Waals surface area contributed by atoms with Crippen LogP contribution in [0.25, 0.3) is 0 Å². The van der Waals surface area contributed by atoms with Crippen molar-refractivity contribution in [2.75, 3.05) is 13.1 Å². The van der Waals surface area contributed by atoms with Gasteiger partial charge >= 0.3 is 0 Å². The molecule has 0 bridgehead atoms. The van der Waals surface area contributed by atoms with Crippen LogP contribution < -0.4 is 21.7 Å². The quantitative estimate of drug-likeness (QED) is 0.276. The van der Waals surface area contributed by atoms with Gasteiger partial charge in [-0.25, -0.2) is 4.99 Å². The number of nitrogens with two attached hydrogens (primary N) is 1. The maximum Gasteiger partial charge on any atom is 0.251 e. The molecule has 0 aliphatic carbocycles. The predicted molar refractivity (Wildman–Crippen MR) is 127 cm³/mol. The fourth-order valence-corrected chi connectivity index (χ4v) is 3.17. The van der Waals surface area contributed by atoms with Crippen LogP contribution in [0.4, 0.5) is 0 Å². The van der Waals surface area contributed by atoms with Gasteiger partial charge in [-0.15, -0.1) is 0 Å². The number of guanidine groups is 1. The lowest BCUT2D eigenvalue weighted by Crippen LogP contribution is -2.37. The fourth-order valence-electron chi connectivity index (χ4n) is 3.17. The highest BCUT2D eigenvalue weighted by molar-refractivity contribution is 5.96. The van der Waals surface area contributed by atoms with Gasteiger partial charge in [0.25, 0.3) is 5.91 Å². The van der Waals surface area contributed by atoms with Crippen LogP contribution in [-0.2, 0) is 24.4 Å². The van der Waals surface area contributed by atoms with E-state index in [1.165, 1.54) is 11.1 Å². The minimum Gasteiger partial charge on any atom is -0.368 e. The summed E-state index contributed by atoms with van der Waals surface area (Å²) in [5.74, 6) is -0.218. The van der Waals surface area contributed by atoms with Crippen LogP contribution in [0.3, 0.4) is 0 Å². The molecule has 5 N–H and O–H groups in total. The number of nitrogens with zero attached hydrogens (tertiary/aromatic N) is 3. The van der Waals surface area contributed by atoms with E-state index in [2.05, 4.69) is 38.2 Å². The van der Waals surface area contributed by atoms with E-state index in [1.54, 1.807) is 18.3 Å². The maximum absolute atomic E-state index is 12.0. The standard InChI is InChI=1S/C24H29N7O2/c1-2-26-24(28-14-18-8-10-19(11-9-18)23(33)27-16-22(25)32)29-15-20-6-3-4-7-21(20)17-31-13-5-12-30-31/h3-13H,2,14-17H2,1H3,(H2,25,32)(H,27,33)(H2,26,28,29). The minimum atomic E-state index is -0.582. The second kappa shape index (κ2) is 12.0. The van der Waals surface area contributed by atoms with Crippen molar-refractivity contribution in [2.24, 2.45) is 10.7 Å². The topological polar surface area (TPSA) is 126 Å². The van der Waals surface area contributed by atoms with Crippen LogP contribution in [0.2, 0.25) is 0 Å². The summed E-state index contributed by atoms with van der Waals surface area (Å²) in [6.45, 7) is 4.35. The van der Waals surface area contributed by atoms with Gasteiger partial charge in [-0.1, -0.05) is 36.4 Å². The Morgan fingerprint density at radius 1 is 1.00 bits per heavy atom. The second-order valence-corrected chi connectivity index (χ2v) is 7.37. The van der Waals surface area contributed by atoms with Crippen molar-refractivity contribution in [1.82, 2.24) is 25.7 Å². The number of benzene rings is 2. The van der Waals surface area contributed by atoms with Crippen LogP contribution in [0.15, 0.2) is 72.0 Å². The molecule has 9 nitrogen and oxygen atoms in total. The third-order valence-corrected chi connectivity index (χ3v) is 4.86. The van der Waals surface area contributed by atoms with E-state index in [0.717, 1.165) is 12.1 Å². The molecule has 0 fully saturated rings. The number of amides is 2. The van der Waals surface area contributed by atoms with Gasteiger partial charge in [0.05, 0.1) is 19.6 Å². The zero-order valence-corrected chi connectivity index (χ0v) is 18.6. The van der Waals surface area contributed by atoms with Gasteiger partial charge in [-0.05, 0) is 41.8 Å². The molecule has 0 saturated carbocycles. The summed E-state index contributed by atoms with van der Waals surface area (Å²) in [5.41, 5.74) is 8.83. The lowest BCUT2D eigenvalue weighted by molar-refractivity contribution is -0.117. The molecule has 0 saturated heterocycles. The molecule has 0 aliphatic rings. The molecule has 2 amide bonds. The van der Waals surface area contributed by atoms with Gasteiger partial charge in [0.2, 0.25) is 5.91 Å². The van der Waals surface area contributed by atoms with Gasteiger partial charge in [0.15, 0.2) is 5.96 Å². The van der Waals surface area contributed by atoms with Crippen LogP contribution >= 0.6 is 0 Å². The summed E-state index contributed by atoms with van der Waals surface area (Å²) in [5, 5.41) is 13.4. The molecule has 0 atom stereocenters. The molecular weight excluding hydrogens is 418 g/mol. The van der Waals surface area contributed by atoms with Crippen molar-refractivity contribution < 1.29 is 9.59 Å². The molecule has 1 heterocycles. The van der Waals surface area contributed by atoms with Crippen molar-refractivity contribution in [3.05, 3.63) is 89.2 Å². The number of carbonyl (C=O) groups excluding carboxylic acids is 2. The third kappa shape index (κ3) is 7.49. The van der Waals surface area contributed by atoms with Crippen LogP contribution in [0, 0.1) is 0 Å². The molecule has 33 heavy (non-hydrogen) atoms. The fraction of sp³-hybridized carbons (Fsp3) is 0.250. The number of aromatic nitrogens is 2. The van der Waals surface area contributed by atoms with E-state index in [4.69, 9.17) is 5.73 Å². The average Bonchev–Trinajstić information content (AvgIpc) is 3.33. The summed E-state index contributed by atoms with van der Waals surface area (Å²) in [4.78, 5) is 27.4. The summed E-state index contributed by atoms with van der Waals surface area (Å²) >= 11 is 0. The number of primary amides is 1.